The van der Waals surface area contributed by atoms with Gasteiger partial charge in [0.2, 0.25) is 0 Å². The molecular weight excluding hydrogens is 481 g/mol. The van der Waals surface area contributed by atoms with E-state index < -0.39 is 0 Å². The van der Waals surface area contributed by atoms with Crippen molar-refractivity contribution < 1.29 is 9.47 Å². The predicted octanol–water partition coefficient (Wildman–Crippen LogP) is 2.97. The Morgan fingerprint density at radius 2 is 1.83 bits per heavy atom. The Balaban J connectivity index is 0.00000420. The lowest BCUT2D eigenvalue weighted by Gasteiger charge is -2.35. The van der Waals surface area contributed by atoms with E-state index in [9.17, 15) is 0 Å². The van der Waals surface area contributed by atoms with Crippen LogP contribution in [0.25, 0.3) is 0 Å². The molecule has 1 aliphatic rings. The molecule has 0 radical (unpaired) electrons. The molecule has 29 heavy (non-hydrogen) atoms. The summed E-state index contributed by atoms with van der Waals surface area (Å²) in [6.07, 6.45) is 0. The van der Waals surface area contributed by atoms with Crippen LogP contribution in [0.15, 0.2) is 23.2 Å². The van der Waals surface area contributed by atoms with Gasteiger partial charge in [-0.05, 0) is 31.5 Å². The van der Waals surface area contributed by atoms with Gasteiger partial charge in [0, 0.05) is 58.1 Å². The minimum atomic E-state index is 0. The summed E-state index contributed by atoms with van der Waals surface area (Å²) in [6.45, 7) is 14.9. The van der Waals surface area contributed by atoms with Crippen molar-refractivity contribution in [3.8, 4) is 11.5 Å². The first-order chi connectivity index (χ1) is 13.6. The van der Waals surface area contributed by atoms with Crippen molar-refractivity contribution in [3.05, 3.63) is 18.2 Å². The molecule has 2 N–H and O–H groups in total. The van der Waals surface area contributed by atoms with Gasteiger partial charge < -0.3 is 29.9 Å². The van der Waals surface area contributed by atoms with Crippen LogP contribution in [0.2, 0.25) is 0 Å². The number of hydrogen-bond acceptors (Lipinski definition) is 5. The maximum atomic E-state index is 5.65. The van der Waals surface area contributed by atoms with E-state index in [0.717, 1.165) is 55.9 Å². The van der Waals surface area contributed by atoms with Gasteiger partial charge in [-0.25, -0.2) is 0 Å². The number of benzene rings is 1. The summed E-state index contributed by atoms with van der Waals surface area (Å²) in [5, 5.41) is 6.77. The predicted molar refractivity (Wildman–Crippen MR) is 132 cm³/mol. The van der Waals surface area contributed by atoms with Crippen molar-refractivity contribution in [3.63, 3.8) is 0 Å². The Morgan fingerprint density at radius 3 is 2.41 bits per heavy atom. The zero-order chi connectivity index (χ0) is 20.4. The normalized spacial score (nSPS) is 16.7. The number of halogens is 1. The third-order valence-corrected chi connectivity index (χ3v) is 5.05. The number of rotatable bonds is 9. The first-order valence-corrected chi connectivity index (χ1v) is 10.3. The molecule has 1 unspecified atom stereocenters. The first-order valence-electron chi connectivity index (χ1n) is 10.3. The Hall–Kier alpha value is -1.26. The van der Waals surface area contributed by atoms with E-state index in [1.165, 1.54) is 13.1 Å². The molecule has 1 heterocycles. The lowest BCUT2D eigenvalue weighted by Crippen LogP contribution is -2.48. The molecule has 1 saturated heterocycles. The van der Waals surface area contributed by atoms with Crippen molar-refractivity contribution in [1.29, 1.82) is 0 Å². The molecule has 0 bridgehead atoms. The molecule has 1 aromatic rings. The van der Waals surface area contributed by atoms with Crippen molar-refractivity contribution in [2.75, 3.05) is 71.9 Å². The second-order valence-electron chi connectivity index (χ2n) is 7.22. The smallest absolute Gasteiger partial charge is 0.195 e. The fourth-order valence-corrected chi connectivity index (χ4v) is 3.40. The highest BCUT2D eigenvalue weighted by Crippen LogP contribution is 2.30. The van der Waals surface area contributed by atoms with Crippen LogP contribution < -0.4 is 20.1 Å². The number of guanidine groups is 1. The van der Waals surface area contributed by atoms with Crippen molar-refractivity contribution in [1.82, 2.24) is 15.1 Å². The summed E-state index contributed by atoms with van der Waals surface area (Å²) in [4.78, 5) is 9.42. The molecule has 2 rings (SSSR count). The maximum Gasteiger partial charge on any atom is 0.195 e. The van der Waals surface area contributed by atoms with Gasteiger partial charge in [-0.15, -0.1) is 24.0 Å². The van der Waals surface area contributed by atoms with Crippen LogP contribution in [0.4, 0.5) is 5.69 Å². The summed E-state index contributed by atoms with van der Waals surface area (Å²) in [7, 11) is 3.44. The standard InChI is InChI=1S/C21H37N5O2.HI/c1-6-25-10-12-26(13-11-25)16-17(3)15-23-21(22-4)24-18-8-9-19(27-5)20(14-18)28-7-2;/h8-9,14,17H,6-7,10-13,15-16H2,1-5H3,(H2,22,23,24);1H. The Labute approximate surface area is 193 Å². The van der Waals surface area contributed by atoms with Gasteiger partial charge in [-0.1, -0.05) is 13.8 Å². The van der Waals surface area contributed by atoms with E-state index in [1.54, 1.807) is 14.2 Å². The Bertz CT molecular complexity index is 621. The van der Waals surface area contributed by atoms with Crippen LogP contribution in [-0.2, 0) is 0 Å². The highest BCUT2D eigenvalue weighted by atomic mass is 127. The summed E-state index contributed by atoms with van der Waals surface area (Å²) >= 11 is 0. The number of nitrogens with one attached hydrogen (secondary N) is 2. The maximum absolute atomic E-state index is 5.65. The van der Waals surface area contributed by atoms with Gasteiger partial charge in [0.05, 0.1) is 13.7 Å². The van der Waals surface area contributed by atoms with E-state index in [1.807, 2.05) is 25.1 Å². The summed E-state index contributed by atoms with van der Waals surface area (Å²) < 4.78 is 11.0. The molecular formula is C21H38IN5O2. The number of hydrogen-bond donors (Lipinski definition) is 2. The third-order valence-electron chi connectivity index (χ3n) is 5.05. The second-order valence-corrected chi connectivity index (χ2v) is 7.22. The minimum Gasteiger partial charge on any atom is -0.493 e. The largest absolute Gasteiger partial charge is 0.493 e. The lowest BCUT2D eigenvalue weighted by atomic mass is 10.1. The van der Waals surface area contributed by atoms with E-state index in [4.69, 9.17) is 9.47 Å². The van der Waals surface area contributed by atoms with Gasteiger partial charge in [0.15, 0.2) is 17.5 Å². The number of methoxy groups -OCH3 is 1. The Kier molecular flexibility index (Phi) is 12.3. The molecule has 0 aliphatic carbocycles. The lowest BCUT2D eigenvalue weighted by molar-refractivity contribution is 0.124. The quantitative estimate of drug-likeness (QED) is 0.297. The molecule has 1 atom stereocenters. The number of anilines is 1. The fraction of sp³-hybridized carbons (Fsp3) is 0.667. The van der Waals surface area contributed by atoms with Crippen molar-refractivity contribution in [2.45, 2.75) is 20.8 Å². The number of aliphatic imine (C=N–C) groups is 1. The summed E-state index contributed by atoms with van der Waals surface area (Å²) in [5.41, 5.74) is 0.917. The number of nitrogens with zero attached hydrogens (tertiary/aromatic N) is 3. The number of ether oxygens (including phenoxy) is 2. The first kappa shape index (κ1) is 25.8. The van der Waals surface area contributed by atoms with Crippen LogP contribution in [0.3, 0.4) is 0 Å². The molecule has 7 nitrogen and oxygen atoms in total. The molecule has 8 heteroatoms. The van der Waals surface area contributed by atoms with E-state index >= 15 is 0 Å². The second kappa shape index (κ2) is 13.9. The van der Waals surface area contributed by atoms with Gasteiger partial charge in [-0.3, -0.25) is 4.99 Å². The van der Waals surface area contributed by atoms with Gasteiger partial charge >= 0.3 is 0 Å². The van der Waals surface area contributed by atoms with Crippen LogP contribution in [0.1, 0.15) is 20.8 Å². The van der Waals surface area contributed by atoms with Crippen LogP contribution in [-0.4, -0.2) is 82.3 Å². The topological polar surface area (TPSA) is 61.4 Å². The molecule has 0 aromatic heterocycles. The summed E-state index contributed by atoms with van der Waals surface area (Å²) in [6, 6.07) is 5.80. The van der Waals surface area contributed by atoms with Gasteiger partial charge in [-0.2, -0.15) is 0 Å². The highest BCUT2D eigenvalue weighted by Gasteiger charge is 2.17. The monoisotopic (exact) mass is 519 g/mol. The number of piperazine rings is 1. The molecule has 1 fully saturated rings. The van der Waals surface area contributed by atoms with Gasteiger partial charge in [0.1, 0.15) is 0 Å². The highest BCUT2D eigenvalue weighted by molar-refractivity contribution is 14.0. The van der Waals surface area contributed by atoms with Crippen molar-refractivity contribution >= 4 is 35.6 Å². The fourth-order valence-electron chi connectivity index (χ4n) is 3.40. The van der Waals surface area contributed by atoms with Crippen LogP contribution in [0, 0.1) is 5.92 Å². The molecule has 0 amide bonds. The molecule has 166 valence electrons. The number of likely N-dealkylation sites (N-methyl/N-ethyl adjacent to an activating group) is 1. The van der Waals surface area contributed by atoms with E-state index in [2.05, 4.69) is 39.3 Å². The zero-order valence-electron chi connectivity index (χ0n) is 18.5. The average molecular weight is 519 g/mol. The third kappa shape index (κ3) is 8.55. The molecule has 0 saturated carbocycles. The Morgan fingerprint density at radius 1 is 1.14 bits per heavy atom. The average Bonchev–Trinajstić information content (AvgIpc) is 2.72. The van der Waals surface area contributed by atoms with Crippen LogP contribution >= 0.6 is 24.0 Å². The van der Waals surface area contributed by atoms with E-state index in [0.29, 0.717) is 12.5 Å². The van der Waals surface area contributed by atoms with E-state index in [-0.39, 0.29) is 24.0 Å². The van der Waals surface area contributed by atoms with Crippen molar-refractivity contribution in [2.24, 2.45) is 10.9 Å². The SMILES string of the molecule is CCOc1cc(NC(=NC)NCC(C)CN2CCN(CC)CC2)ccc1OC.I. The van der Waals surface area contributed by atoms with Gasteiger partial charge in [0.25, 0.3) is 0 Å². The summed E-state index contributed by atoms with van der Waals surface area (Å²) in [5.74, 6) is 2.76. The minimum absolute atomic E-state index is 0. The molecule has 1 aromatic carbocycles. The molecule has 0 spiro atoms. The van der Waals surface area contributed by atoms with Crippen LogP contribution in [0.5, 0.6) is 11.5 Å². The zero-order valence-corrected chi connectivity index (χ0v) is 20.9. The molecule has 1 aliphatic heterocycles.